The lowest BCUT2D eigenvalue weighted by molar-refractivity contribution is 0.195. The van der Waals surface area contributed by atoms with E-state index < -0.39 is 0 Å². The van der Waals surface area contributed by atoms with Crippen LogP contribution >= 0.6 is 11.6 Å². The van der Waals surface area contributed by atoms with E-state index in [1.54, 1.807) is 6.20 Å². The predicted molar refractivity (Wildman–Crippen MR) is 71.2 cm³/mol. The molecule has 0 radical (unpaired) electrons. The van der Waals surface area contributed by atoms with Crippen molar-refractivity contribution < 1.29 is 4.74 Å². The first-order valence-corrected chi connectivity index (χ1v) is 6.55. The van der Waals surface area contributed by atoms with E-state index in [-0.39, 0.29) is 16.6 Å². The topological polar surface area (TPSA) is 56.1 Å². The van der Waals surface area contributed by atoms with Crippen molar-refractivity contribution in [3.05, 3.63) is 21.6 Å². The first-order valence-electron chi connectivity index (χ1n) is 6.18. The van der Waals surface area contributed by atoms with Crippen molar-refractivity contribution in [2.24, 2.45) is 5.92 Å². The van der Waals surface area contributed by atoms with Gasteiger partial charge in [0.25, 0.3) is 5.56 Å². The third-order valence-corrected chi connectivity index (χ3v) is 3.18. The van der Waals surface area contributed by atoms with Crippen LogP contribution in [0, 0.1) is 5.92 Å². The minimum absolute atomic E-state index is 0.206. The van der Waals surface area contributed by atoms with Gasteiger partial charge in [0.1, 0.15) is 5.02 Å². The molecule has 1 aliphatic rings. The van der Waals surface area contributed by atoms with E-state index in [1.807, 2.05) is 13.8 Å². The van der Waals surface area contributed by atoms with Gasteiger partial charge in [0.05, 0.1) is 24.5 Å². The van der Waals surface area contributed by atoms with Gasteiger partial charge < -0.3 is 10.1 Å². The first kappa shape index (κ1) is 13.4. The highest BCUT2D eigenvalue weighted by Gasteiger charge is 2.18. The molecule has 1 unspecified atom stereocenters. The number of anilines is 1. The molecule has 0 saturated carbocycles. The second-order valence-corrected chi connectivity index (χ2v) is 5.34. The van der Waals surface area contributed by atoms with Crippen LogP contribution in [0.1, 0.15) is 20.3 Å². The summed E-state index contributed by atoms with van der Waals surface area (Å²) in [6.45, 7) is 6.03. The Bertz CT molecular complexity index is 467. The lowest BCUT2D eigenvalue weighted by Crippen LogP contribution is -2.28. The van der Waals surface area contributed by atoms with E-state index in [4.69, 9.17) is 16.3 Å². The Hall–Kier alpha value is -1.07. The van der Waals surface area contributed by atoms with E-state index in [0.29, 0.717) is 24.8 Å². The molecule has 0 aliphatic carbocycles. The summed E-state index contributed by atoms with van der Waals surface area (Å²) in [4.78, 5) is 12.0. The zero-order valence-electron chi connectivity index (χ0n) is 10.6. The Morgan fingerprint density at radius 2 is 2.44 bits per heavy atom. The van der Waals surface area contributed by atoms with Crippen molar-refractivity contribution in [3.8, 4) is 0 Å². The number of hydrogen-bond acceptors (Lipinski definition) is 4. The van der Waals surface area contributed by atoms with Gasteiger partial charge in [-0.25, -0.2) is 4.68 Å². The van der Waals surface area contributed by atoms with Crippen molar-refractivity contribution in [2.45, 2.75) is 32.9 Å². The van der Waals surface area contributed by atoms with Crippen molar-refractivity contribution in [2.75, 3.05) is 18.5 Å². The third kappa shape index (κ3) is 3.03. The fourth-order valence-electron chi connectivity index (χ4n) is 1.91. The van der Waals surface area contributed by atoms with E-state index in [2.05, 4.69) is 10.4 Å². The summed E-state index contributed by atoms with van der Waals surface area (Å²) in [5.41, 5.74) is 0.353. The molecule has 1 atom stereocenters. The molecule has 0 amide bonds. The van der Waals surface area contributed by atoms with Gasteiger partial charge >= 0.3 is 0 Å². The van der Waals surface area contributed by atoms with Crippen LogP contribution in [0.5, 0.6) is 0 Å². The van der Waals surface area contributed by atoms with Gasteiger partial charge in [-0.3, -0.25) is 4.79 Å². The quantitative estimate of drug-likeness (QED) is 0.907. The van der Waals surface area contributed by atoms with Crippen molar-refractivity contribution in [3.63, 3.8) is 0 Å². The minimum atomic E-state index is -0.241. The second-order valence-electron chi connectivity index (χ2n) is 4.96. The minimum Gasteiger partial charge on any atom is -0.379 e. The molecular formula is C12H18ClN3O2. The summed E-state index contributed by atoms with van der Waals surface area (Å²) in [7, 11) is 0. The zero-order valence-corrected chi connectivity index (χ0v) is 11.4. The molecule has 1 aliphatic heterocycles. The Morgan fingerprint density at radius 3 is 3.06 bits per heavy atom. The van der Waals surface area contributed by atoms with E-state index >= 15 is 0 Å². The average Bonchev–Trinajstić information content (AvgIpc) is 2.81. The van der Waals surface area contributed by atoms with Gasteiger partial charge in [-0.05, 0) is 12.3 Å². The van der Waals surface area contributed by atoms with Crippen LogP contribution in [0.4, 0.5) is 5.69 Å². The van der Waals surface area contributed by atoms with E-state index in [9.17, 15) is 4.79 Å². The zero-order chi connectivity index (χ0) is 13.1. The molecule has 1 aromatic rings. The number of nitrogens with one attached hydrogen (secondary N) is 1. The molecule has 2 rings (SSSR count). The Kier molecular flexibility index (Phi) is 4.24. The number of hydrogen-bond donors (Lipinski definition) is 1. The van der Waals surface area contributed by atoms with E-state index in [1.165, 1.54) is 4.68 Å². The highest BCUT2D eigenvalue weighted by Crippen LogP contribution is 2.19. The van der Waals surface area contributed by atoms with Crippen LogP contribution < -0.4 is 10.9 Å². The molecule has 5 nitrogen and oxygen atoms in total. The molecule has 6 heteroatoms. The van der Waals surface area contributed by atoms with Crippen molar-refractivity contribution in [1.82, 2.24) is 9.78 Å². The Morgan fingerprint density at radius 1 is 1.67 bits per heavy atom. The summed E-state index contributed by atoms with van der Waals surface area (Å²) >= 11 is 6.08. The Balaban J connectivity index is 2.17. The predicted octanol–water partition coefficient (Wildman–Crippen LogP) is 1.75. The van der Waals surface area contributed by atoms with Crippen LogP contribution in [0.15, 0.2) is 11.0 Å². The monoisotopic (exact) mass is 271 g/mol. The number of rotatable bonds is 4. The van der Waals surface area contributed by atoms with Crippen LogP contribution in [-0.2, 0) is 11.3 Å². The summed E-state index contributed by atoms with van der Waals surface area (Å²) < 4.78 is 6.67. The molecule has 0 bridgehead atoms. The maximum Gasteiger partial charge on any atom is 0.287 e. The summed E-state index contributed by atoms with van der Waals surface area (Å²) in [5, 5.41) is 7.54. The standard InChI is InChI=1S/C12H18ClN3O2/c1-8(2)6-16-12(17)11(13)10(5-14-16)15-9-3-4-18-7-9/h5,8-9,15H,3-4,6-7H2,1-2H3. The number of nitrogens with zero attached hydrogens (tertiary/aromatic N) is 2. The maximum atomic E-state index is 12.0. The van der Waals surface area contributed by atoms with Crippen LogP contribution in [0.3, 0.4) is 0 Å². The third-order valence-electron chi connectivity index (χ3n) is 2.81. The summed E-state index contributed by atoms with van der Waals surface area (Å²) in [5.74, 6) is 0.355. The maximum absolute atomic E-state index is 12.0. The summed E-state index contributed by atoms with van der Waals surface area (Å²) in [6.07, 6.45) is 2.54. The van der Waals surface area contributed by atoms with Gasteiger partial charge in [-0.2, -0.15) is 5.10 Å². The number of aromatic nitrogens is 2. The molecule has 0 spiro atoms. The normalized spacial score (nSPS) is 19.4. The SMILES string of the molecule is CC(C)Cn1ncc(NC2CCOC2)c(Cl)c1=O. The van der Waals surface area contributed by atoms with Crippen LogP contribution in [0.25, 0.3) is 0 Å². The molecule has 18 heavy (non-hydrogen) atoms. The highest BCUT2D eigenvalue weighted by molar-refractivity contribution is 6.32. The highest BCUT2D eigenvalue weighted by atomic mass is 35.5. The molecule has 100 valence electrons. The molecule has 2 heterocycles. The molecule has 1 aromatic heterocycles. The van der Waals surface area contributed by atoms with Gasteiger partial charge in [0.15, 0.2) is 0 Å². The first-order chi connectivity index (χ1) is 8.58. The average molecular weight is 272 g/mol. The van der Waals surface area contributed by atoms with Crippen LogP contribution in [0.2, 0.25) is 5.02 Å². The van der Waals surface area contributed by atoms with Crippen molar-refractivity contribution in [1.29, 1.82) is 0 Å². The van der Waals surface area contributed by atoms with Gasteiger partial charge in [-0.1, -0.05) is 25.4 Å². The van der Waals surface area contributed by atoms with Crippen LogP contribution in [-0.4, -0.2) is 29.0 Å². The Labute approximate surface area is 111 Å². The fourth-order valence-corrected chi connectivity index (χ4v) is 2.11. The molecule has 0 aromatic carbocycles. The smallest absolute Gasteiger partial charge is 0.287 e. The molecule has 1 saturated heterocycles. The number of halogens is 1. The van der Waals surface area contributed by atoms with Gasteiger partial charge in [0.2, 0.25) is 0 Å². The van der Waals surface area contributed by atoms with Gasteiger partial charge in [-0.15, -0.1) is 0 Å². The second kappa shape index (κ2) is 5.71. The largest absolute Gasteiger partial charge is 0.379 e. The van der Waals surface area contributed by atoms with Gasteiger partial charge in [0, 0.05) is 13.2 Å². The lowest BCUT2D eigenvalue weighted by atomic mass is 10.2. The number of ether oxygens (including phenoxy) is 1. The molecule has 1 N–H and O–H groups in total. The fraction of sp³-hybridized carbons (Fsp3) is 0.667. The van der Waals surface area contributed by atoms with Crippen molar-refractivity contribution >= 4 is 17.3 Å². The lowest BCUT2D eigenvalue weighted by Gasteiger charge is -2.14. The van der Waals surface area contributed by atoms with E-state index in [0.717, 1.165) is 13.0 Å². The summed E-state index contributed by atoms with van der Waals surface area (Å²) in [6, 6.07) is 0.213. The molecule has 1 fully saturated rings. The molecular weight excluding hydrogens is 254 g/mol.